The first-order valence-corrected chi connectivity index (χ1v) is 11.1. The predicted molar refractivity (Wildman–Crippen MR) is 105 cm³/mol. The molecule has 0 aromatic carbocycles. The van der Waals surface area contributed by atoms with Crippen LogP contribution in [0.2, 0.25) is 0 Å². The van der Waals surface area contributed by atoms with Crippen LogP contribution in [0.5, 0.6) is 0 Å². The van der Waals surface area contributed by atoms with Crippen molar-refractivity contribution in [3.05, 3.63) is 0 Å². The Kier molecular flexibility index (Phi) is 4.88. The highest BCUT2D eigenvalue weighted by Gasteiger charge is 2.68. The largest absolute Gasteiger partial charge is 0.462 e. The SMILES string of the molecule is CC(=O)O[C@@H]1CC[C@]2(C)[C@@H]3CC[C@]4(C)C(=O)CC[C@@H]4[C@@H]3C[C@@H](OC(C)=O)[C@@]2(O)C1. The molecule has 4 aliphatic rings. The number of ether oxygens (including phenoxy) is 2. The van der Waals surface area contributed by atoms with Crippen molar-refractivity contribution in [3.8, 4) is 0 Å². The smallest absolute Gasteiger partial charge is 0.303 e. The van der Waals surface area contributed by atoms with Gasteiger partial charge in [-0.15, -0.1) is 0 Å². The number of hydrogen-bond acceptors (Lipinski definition) is 6. The van der Waals surface area contributed by atoms with Gasteiger partial charge in [0.05, 0.1) is 0 Å². The maximum absolute atomic E-state index is 12.7. The quantitative estimate of drug-likeness (QED) is 0.709. The lowest BCUT2D eigenvalue weighted by Crippen LogP contribution is -2.69. The Bertz CT molecular complexity index is 733. The fraction of sp³-hybridized carbons (Fsp3) is 0.870. The molecule has 0 aliphatic heterocycles. The summed E-state index contributed by atoms with van der Waals surface area (Å²) in [4.78, 5) is 36.1. The fourth-order valence-corrected chi connectivity index (χ4v) is 7.67. The first-order valence-electron chi connectivity index (χ1n) is 11.1. The van der Waals surface area contributed by atoms with Crippen LogP contribution in [0.3, 0.4) is 0 Å². The van der Waals surface area contributed by atoms with Crippen molar-refractivity contribution in [1.82, 2.24) is 0 Å². The van der Waals surface area contributed by atoms with E-state index in [2.05, 4.69) is 13.8 Å². The van der Waals surface area contributed by atoms with Gasteiger partial charge in [0.15, 0.2) is 0 Å². The zero-order valence-corrected chi connectivity index (χ0v) is 18.0. The second-order valence-electron chi connectivity index (χ2n) is 10.4. The van der Waals surface area contributed by atoms with Gasteiger partial charge in [0.1, 0.15) is 23.6 Å². The molecule has 0 aromatic rings. The maximum atomic E-state index is 12.7. The van der Waals surface area contributed by atoms with E-state index in [-0.39, 0.29) is 29.3 Å². The zero-order chi connectivity index (χ0) is 21.2. The molecule has 0 bridgehead atoms. The molecule has 0 spiro atoms. The van der Waals surface area contributed by atoms with Crippen LogP contribution in [0.4, 0.5) is 0 Å². The van der Waals surface area contributed by atoms with Gasteiger partial charge in [-0.05, 0) is 56.3 Å². The van der Waals surface area contributed by atoms with Gasteiger partial charge in [-0.3, -0.25) is 14.4 Å². The molecule has 0 radical (unpaired) electrons. The van der Waals surface area contributed by atoms with Gasteiger partial charge < -0.3 is 14.6 Å². The third-order valence-corrected chi connectivity index (χ3v) is 9.14. The minimum Gasteiger partial charge on any atom is -0.462 e. The highest BCUT2D eigenvalue weighted by Crippen LogP contribution is 2.67. The number of aliphatic hydroxyl groups is 1. The molecule has 0 aromatic heterocycles. The molecule has 0 saturated heterocycles. The molecular weight excluding hydrogens is 372 g/mol. The van der Waals surface area contributed by atoms with E-state index in [9.17, 15) is 19.5 Å². The molecule has 162 valence electrons. The molecule has 6 nitrogen and oxygen atoms in total. The highest BCUT2D eigenvalue weighted by molar-refractivity contribution is 5.87. The van der Waals surface area contributed by atoms with Crippen LogP contribution >= 0.6 is 0 Å². The van der Waals surface area contributed by atoms with E-state index in [0.717, 1.165) is 25.7 Å². The summed E-state index contributed by atoms with van der Waals surface area (Å²) in [6.07, 6.45) is 4.62. The van der Waals surface area contributed by atoms with Crippen LogP contribution < -0.4 is 0 Å². The molecule has 0 heterocycles. The number of carbonyl (C=O) groups is 3. The second kappa shape index (κ2) is 6.79. The monoisotopic (exact) mass is 406 g/mol. The van der Waals surface area contributed by atoms with Crippen molar-refractivity contribution in [1.29, 1.82) is 0 Å². The number of rotatable bonds is 2. The Hall–Kier alpha value is -1.43. The zero-order valence-electron chi connectivity index (χ0n) is 18.0. The van der Waals surface area contributed by atoms with Crippen LogP contribution in [0.25, 0.3) is 0 Å². The number of fused-ring (bicyclic) bond motifs is 5. The number of esters is 2. The summed E-state index contributed by atoms with van der Waals surface area (Å²) in [5, 5.41) is 12.0. The number of ketones is 1. The summed E-state index contributed by atoms with van der Waals surface area (Å²) >= 11 is 0. The van der Waals surface area contributed by atoms with E-state index in [1.165, 1.54) is 13.8 Å². The van der Waals surface area contributed by atoms with E-state index in [1.807, 2.05) is 0 Å². The average molecular weight is 407 g/mol. The number of hydrogen-bond donors (Lipinski definition) is 1. The van der Waals surface area contributed by atoms with Crippen molar-refractivity contribution in [2.75, 3.05) is 0 Å². The summed E-state index contributed by atoms with van der Waals surface area (Å²) in [5.41, 5.74) is -1.93. The molecule has 4 fully saturated rings. The lowest BCUT2D eigenvalue weighted by atomic mass is 9.43. The molecule has 0 unspecified atom stereocenters. The molecule has 1 N–H and O–H groups in total. The topological polar surface area (TPSA) is 89.9 Å². The molecule has 29 heavy (non-hydrogen) atoms. The van der Waals surface area contributed by atoms with E-state index in [1.54, 1.807) is 0 Å². The molecule has 8 atom stereocenters. The van der Waals surface area contributed by atoms with Gasteiger partial charge >= 0.3 is 11.9 Å². The van der Waals surface area contributed by atoms with Crippen molar-refractivity contribution >= 4 is 17.7 Å². The first-order chi connectivity index (χ1) is 13.5. The third-order valence-electron chi connectivity index (χ3n) is 9.14. The summed E-state index contributed by atoms with van der Waals surface area (Å²) < 4.78 is 11.2. The molecule has 4 rings (SSSR count). The van der Waals surface area contributed by atoms with E-state index in [4.69, 9.17) is 9.47 Å². The number of Topliss-reactive ketones (excluding diaryl/α,β-unsaturated/α-hetero) is 1. The summed E-state index contributed by atoms with van der Waals surface area (Å²) in [7, 11) is 0. The second-order valence-corrected chi connectivity index (χ2v) is 10.4. The molecule has 6 heteroatoms. The van der Waals surface area contributed by atoms with Crippen molar-refractivity contribution < 1.29 is 29.0 Å². The van der Waals surface area contributed by atoms with Crippen LogP contribution in [0, 0.1) is 28.6 Å². The van der Waals surface area contributed by atoms with Crippen molar-refractivity contribution in [2.45, 2.75) is 96.9 Å². The summed E-state index contributed by atoms with van der Waals surface area (Å²) in [6, 6.07) is 0. The summed E-state index contributed by atoms with van der Waals surface area (Å²) in [6.45, 7) is 7.01. The van der Waals surface area contributed by atoms with Gasteiger partial charge in [-0.25, -0.2) is 0 Å². The third kappa shape index (κ3) is 2.96. The highest BCUT2D eigenvalue weighted by atomic mass is 16.6. The van der Waals surface area contributed by atoms with Crippen LogP contribution in [-0.2, 0) is 23.9 Å². The summed E-state index contributed by atoms with van der Waals surface area (Å²) in [5.74, 6) is 0.452. The maximum Gasteiger partial charge on any atom is 0.303 e. The Labute approximate surface area is 172 Å². The fourth-order valence-electron chi connectivity index (χ4n) is 7.67. The van der Waals surface area contributed by atoms with Crippen LogP contribution in [0.15, 0.2) is 0 Å². The van der Waals surface area contributed by atoms with Crippen molar-refractivity contribution in [3.63, 3.8) is 0 Å². The lowest BCUT2D eigenvalue weighted by molar-refractivity contribution is -0.269. The lowest BCUT2D eigenvalue weighted by Gasteiger charge is -2.65. The molecule has 0 amide bonds. The van der Waals surface area contributed by atoms with Crippen molar-refractivity contribution in [2.24, 2.45) is 28.6 Å². The van der Waals surface area contributed by atoms with Crippen LogP contribution in [0.1, 0.15) is 79.1 Å². The molecule has 4 saturated carbocycles. The van der Waals surface area contributed by atoms with Gasteiger partial charge in [-0.1, -0.05) is 13.8 Å². The van der Waals surface area contributed by atoms with E-state index < -0.39 is 23.1 Å². The standard InChI is InChI=1S/C23H34O6/c1-13(24)28-15-7-10-22(4)18-8-9-21(3)17(5-6-19(21)26)16(18)11-20(29-14(2)25)23(22,27)12-15/h15-18,20,27H,5-12H2,1-4H3/t15-,16+,17-,18-,20-,21+,22-,23+/m1/s1. The number of carbonyl (C=O) groups excluding carboxylic acids is 3. The minimum atomic E-state index is -1.23. The van der Waals surface area contributed by atoms with Gasteiger partial charge in [-0.2, -0.15) is 0 Å². The predicted octanol–water partition coefficient (Wildman–Crippen LogP) is 3.19. The van der Waals surface area contributed by atoms with Crippen LogP contribution in [-0.4, -0.2) is 40.6 Å². The first kappa shape index (κ1) is 20.8. The Morgan fingerprint density at radius 1 is 1.00 bits per heavy atom. The van der Waals surface area contributed by atoms with E-state index in [0.29, 0.717) is 37.4 Å². The average Bonchev–Trinajstić information content (AvgIpc) is 2.92. The Morgan fingerprint density at radius 3 is 2.34 bits per heavy atom. The van der Waals surface area contributed by atoms with Gasteiger partial charge in [0.25, 0.3) is 0 Å². The van der Waals surface area contributed by atoms with Gasteiger partial charge in [0, 0.05) is 37.5 Å². The van der Waals surface area contributed by atoms with E-state index >= 15 is 0 Å². The van der Waals surface area contributed by atoms with Gasteiger partial charge in [0.2, 0.25) is 0 Å². The Balaban J connectivity index is 1.71. The molecular formula is C23H34O6. The molecule has 4 aliphatic carbocycles. The normalized spacial score (nSPS) is 48.9. The minimum absolute atomic E-state index is 0.264. The Morgan fingerprint density at radius 2 is 1.69 bits per heavy atom.